The molecule has 0 spiro atoms. The molecule has 3 heterocycles. The summed E-state index contributed by atoms with van der Waals surface area (Å²) < 4.78 is 1.89. The molecule has 2 aromatic rings. The van der Waals surface area contributed by atoms with E-state index in [-0.39, 0.29) is 18.6 Å². The summed E-state index contributed by atoms with van der Waals surface area (Å²) in [6, 6.07) is 4.01. The average molecular weight is 273 g/mol. The van der Waals surface area contributed by atoms with E-state index in [9.17, 15) is 4.79 Å². The average Bonchev–Trinajstić information content (AvgIpc) is 3.12. The molecule has 2 aromatic heterocycles. The molecule has 1 aliphatic rings. The van der Waals surface area contributed by atoms with Gasteiger partial charge in [0.25, 0.3) is 5.91 Å². The molecule has 1 N–H and O–H groups in total. The van der Waals surface area contributed by atoms with Gasteiger partial charge in [-0.2, -0.15) is 0 Å². The Morgan fingerprint density at radius 3 is 3.25 bits per heavy atom. The Bertz CT molecular complexity index is 608. The van der Waals surface area contributed by atoms with Crippen molar-refractivity contribution in [3.05, 3.63) is 36.4 Å². The lowest BCUT2D eigenvalue weighted by atomic mass is 10.1. The fraction of sp³-hybridized carbons (Fsp3) is 0.467. The number of aliphatic hydroxyl groups excluding tert-OH is 1. The van der Waals surface area contributed by atoms with Crippen molar-refractivity contribution in [2.45, 2.75) is 31.7 Å². The Morgan fingerprint density at radius 2 is 2.40 bits per heavy atom. The van der Waals surface area contributed by atoms with Crippen LogP contribution in [0, 0.1) is 0 Å². The number of fused-ring (bicyclic) bond motifs is 1. The van der Waals surface area contributed by atoms with E-state index in [1.165, 1.54) is 0 Å². The highest BCUT2D eigenvalue weighted by molar-refractivity contribution is 5.95. The molecule has 0 aliphatic carbocycles. The molecule has 5 nitrogen and oxygen atoms in total. The maximum Gasteiger partial charge on any atom is 0.254 e. The van der Waals surface area contributed by atoms with Gasteiger partial charge in [-0.1, -0.05) is 0 Å². The van der Waals surface area contributed by atoms with E-state index < -0.39 is 0 Å². The molecule has 20 heavy (non-hydrogen) atoms. The summed E-state index contributed by atoms with van der Waals surface area (Å²) in [4.78, 5) is 18.6. The number of hydrogen-bond donors (Lipinski definition) is 1. The van der Waals surface area contributed by atoms with Crippen LogP contribution in [-0.2, 0) is 0 Å². The van der Waals surface area contributed by atoms with Gasteiger partial charge in [0.15, 0.2) is 0 Å². The second kappa shape index (κ2) is 5.63. The van der Waals surface area contributed by atoms with Crippen LogP contribution in [0.3, 0.4) is 0 Å². The Kier molecular flexibility index (Phi) is 3.69. The summed E-state index contributed by atoms with van der Waals surface area (Å²) in [5.41, 5.74) is 1.65. The Balaban J connectivity index is 1.79. The van der Waals surface area contributed by atoms with Crippen molar-refractivity contribution in [1.82, 2.24) is 14.3 Å². The predicted molar refractivity (Wildman–Crippen MR) is 75.6 cm³/mol. The summed E-state index contributed by atoms with van der Waals surface area (Å²) in [6.07, 6.45) is 9.09. The van der Waals surface area contributed by atoms with Crippen molar-refractivity contribution in [2.75, 3.05) is 13.2 Å². The van der Waals surface area contributed by atoms with Gasteiger partial charge in [0, 0.05) is 31.0 Å². The molecule has 0 radical (unpaired) electrons. The first-order valence-electron chi connectivity index (χ1n) is 7.13. The van der Waals surface area contributed by atoms with E-state index in [2.05, 4.69) is 4.98 Å². The molecule has 3 rings (SSSR count). The molecule has 1 fully saturated rings. The number of aromatic nitrogens is 2. The largest absolute Gasteiger partial charge is 0.396 e. The van der Waals surface area contributed by atoms with Crippen molar-refractivity contribution in [3.8, 4) is 0 Å². The minimum absolute atomic E-state index is 0.0918. The van der Waals surface area contributed by atoms with Crippen molar-refractivity contribution < 1.29 is 9.90 Å². The number of rotatable bonds is 4. The van der Waals surface area contributed by atoms with Crippen LogP contribution in [0.2, 0.25) is 0 Å². The van der Waals surface area contributed by atoms with Gasteiger partial charge < -0.3 is 14.4 Å². The van der Waals surface area contributed by atoms with Crippen LogP contribution in [0.1, 0.15) is 36.0 Å². The van der Waals surface area contributed by atoms with Crippen LogP contribution in [0.25, 0.3) is 5.52 Å². The fourth-order valence-electron chi connectivity index (χ4n) is 2.95. The summed E-state index contributed by atoms with van der Waals surface area (Å²) in [6.45, 7) is 1.01. The van der Waals surface area contributed by atoms with Crippen LogP contribution in [0.15, 0.2) is 30.9 Å². The van der Waals surface area contributed by atoms with E-state index in [1.807, 2.05) is 27.6 Å². The zero-order valence-electron chi connectivity index (χ0n) is 11.4. The summed E-state index contributed by atoms with van der Waals surface area (Å²) >= 11 is 0. The van der Waals surface area contributed by atoms with Crippen molar-refractivity contribution in [1.29, 1.82) is 0 Å². The minimum Gasteiger partial charge on any atom is -0.396 e. The smallest absolute Gasteiger partial charge is 0.254 e. The van der Waals surface area contributed by atoms with Crippen molar-refractivity contribution in [2.24, 2.45) is 0 Å². The molecule has 1 aliphatic heterocycles. The molecule has 1 amide bonds. The van der Waals surface area contributed by atoms with Gasteiger partial charge in [-0.05, 0) is 37.8 Å². The number of imidazole rings is 1. The van der Waals surface area contributed by atoms with Gasteiger partial charge in [0.2, 0.25) is 0 Å². The number of amides is 1. The zero-order valence-corrected chi connectivity index (χ0v) is 11.4. The molecule has 0 aromatic carbocycles. The number of aliphatic hydroxyl groups is 1. The maximum absolute atomic E-state index is 12.6. The normalized spacial score (nSPS) is 18.9. The second-order valence-corrected chi connectivity index (χ2v) is 5.30. The number of carbonyl (C=O) groups excluding carboxylic acids is 1. The number of carbonyl (C=O) groups is 1. The molecule has 1 atom stereocenters. The van der Waals surface area contributed by atoms with Crippen molar-refractivity contribution in [3.63, 3.8) is 0 Å². The molecular weight excluding hydrogens is 254 g/mol. The first kappa shape index (κ1) is 13.1. The van der Waals surface area contributed by atoms with Crippen LogP contribution >= 0.6 is 0 Å². The minimum atomic E-state index is 0.0918. The molecule has 0 saturated carbocycles. The first-order valence-corrected chi connectivity index (χ1v) is 7.13. The lowest BCUT2D eigenvalue weighted by Gasteiger charge is -2.24. The number of hydrogen-bond acceptors (Lipinski definition) is 3. The second-order valence-electron chi connectivity index (χ2n) is 5.30. The van der Waals surface area contributed by atoms with Crippen LogP contribution in [0.4, 0.5) is 0 Å². The van der Waals surface area contributed by atoms with Crippen molar-refractivity contribution >= 4 is 11.4 Å². The summed E-state index contributed by atoms with van der Waals surface area (Å²) in [7, 11) is 0. The van der Waals surface area contributed by atoms with Gasteiger partial charge in [-0.25, -0.2) is 4.98 Å². The highest BCUT2D eigenvalue weighted by Crippen LogP contribution is 2.23. The lowest BCUT2D eigenvalue weighted by Crippen LogP contribution is -2.35. The molecule has 0 bridgehead atoms. The third-order valence-electron chi connectivity index (χ3n) is 3.99. The SMILES string of the molecule is O=C(c1ccn2cncc2c1)N1CCCC1CCCO. The number of pyridine rings is 1. The van der Waals surface area contributed by atoms with Gasteiger partial charge in [-0.15, -0.1) is 0 Å². The molecule has 106 valence electrons. The number of nitrogens with zero attached hydrogens (tertiary/aromatic N) is 3. The Labute approximate surface area is 117 Å². The number of likely N-dealkylation sites (tertiary alicyclic amines) is 1. The third-order valence-corrected chi connectivity index (χ3v) is 3.99. The first-order chi connectivity index (χ1) is 9.79. The quantitative estimate of drug-likeness (QED) is 0.922. The Hall–Kier alpha value is -1.88. The monoisotopic (exact) mass is 273 g/mol. The molecule has 1 saturated heterocycles. The van der Waals surface area contributed by atoms with E-state index in [4.69, 9.17) is 5.11 Å². The van der Waals surface area contributed by atoms with Crippen LogP contribution in [-0.4, -0.2) is 44.5 Å². The van der Waals surface area contributed by atoms with E-state index in [0.29, 0.717) is 5.56 Å². The van der Waals surface area contributed by atoms with Gasteiger partial charge in [-0.3, -0.25) is 4.79 Å². The van der Waals surface area contributed by atoms with Crippen LogP contribution < -0.4 is 0 Å². The maximum atomic E-state index is 12.6. The topological polar surface area (TPSA) is 57.8 Å². The summed E-state index contributed by atoms with van der Waals surface area (Å²) in [5.74, 6) is 0.0918. The third kappa shape index (κ3) is 2.41. The zero-order chi connectivity index (χ0) is 13.9. The van der Waals surface area contributed by atoms with Gasteiger partial charge in [0.05, 0.1) is 18.0 Å². The van der Waals surface area contributed by atoms with Crippen LogP contribution in [0.5, 0.6) is 0 Å². The highest BCUT2D eigenvalue weighted by atomic mass is 16.3. The van der Waals surface area contributed by atoms with E-state index in [0.717, 1.165) is 37.7 Å². The molecule has 5 heteroatoms. The molecule has 1 unspecified atom stereocenters. The van der Waals surface area contributed by atoms with Gasteiger partial charge in [0.1, 0.15) is 0 Å². The standard InChI is InChI=1S/C15H19N3O2/c19-8-2-4-13-3-1-6-18(13)15(20)12-5-7-17-11-16-10-14(17)9-12/h5,7,9-11,13,19H,1-4,6,8H2. The van der Waals surface area contributed by atoms with E-state index in [1.54, 1.807) is 12.5 Å². The van der Waals surface area contributed by atoms with E-state index >= 15 is 0 Å². The Morgan fingerprint density at radius 1 is 1.50 bits per heavy atom. The van der Waals surface area contributed by atoms with Gasteiger partial charge >= 0.3 is 0 Å². The summed E-state index contributed by atoms with van der Waals surface area (Å²) in [5, 5.41) is 8.95. The fourth-order valence-corrected chi connectivity index (χ4v) is 2.95. The highest BCUT2D eigenvalue weighted by Gasteiger charge is 2.28. The predicted octanol–water partition coefficient (Wildman–Crippen LogP) is 1.71. The molecular formula is C15H19N3O2. The lowest BCUT2D eigenvalue weighted by molar-refractivity contribution is 0.0724.